The van der Waals surface area contributed by atoms with E-state index in [0.717, 1.165) is 22.4 Å². The lowest BCUT2D eigenvalue weighted by Gasteiger charge is -2.39. The minimum Gasteiger partial charge on any atom is -0.476 e. The van der Waals surface area contributed by atoms with Crippen molar-refractivity contribution in [3.8, 4) is 5.75 Å². The number of hydrogen-bond acceptors (Lipinski definition) is 3. The van der Waals surface area contributed by atoms with Crippen molar-refractivity contribution in [2.75, 3.05) is 10.2 Å². The van der Waals surface area contributed by atoms with Crippen LogP contribution in [-0.2, 0) is 11.3 Å². The van der Waals surface area contributed by atoms with Crippen molar-refractivity contribution in [3.63, 3.8) is 0 Å². The number of hydrogen-bond donors (Lipinski definition) is 1. The van der Waals surface area contributed by atoms with Crippen LogP contribution in [0.25, 0.3) is 0 Å². The van der Waals surface area contributed by atoms with Gasteiger partial charge in [-0.15, -0.1) is 0 Å². The van der Waals surface area contributed by atoms with Gasteiger partial charge in [0.25, 0.3) is 11.8 Å². The summed E-state index contributed by atoms with van der Waals surface area (Å²) < 4.78 is 19.3. The topological polar surface area (TPSA) is 58.6 Å². The molecular formula is C26H25FN2O3. The van der Waals surface area contributed by atoms with E-state index in [9.17, 15) is 14.0 Å². The van der Waals surface area contributed by atoms with Crippen molar-refractivity contribution in [3.05, 3.63) is 88.7 Å². The molecule has 6 heteroatoms. The summed E-state index contributed by atoms with van der Waals surface area (Å²) in [6, 6.07) is 16.9. The fraction of sp³-hybridized carbons (Fsp3) is 0.231. The summed E-state index contributed by atoms with van der Waals surface area (Å²) in [5.74, 6) is -0.334. The summed E-state index contributed by atoms with van der Waals surface area (Å²) in [5, 5.41) is 2.97. The van der Waals surface area contributed by atoms with Crippen LogP contribution in [0.5, 0.6) is 5.75 Å². The Morgan fingerprint density at radius 3 is 2.34 bits per heavy atom. The van der Waals surface area contributed by atoms with Crippen LogP contribution in [0.2, 0.25) is 0 Å². The fourth-order valence-corrected chi connectivity index (χ4v) is 3.84. The number of para-hydroxylation sites is 1. The van der Waals surface area contributed by atoms with Crippen LogP contribution in [0.15, 0.2) is 60.7 Å². The van der Waals surface area contributed by atoms with Crippen molar-refractivity contribution < 1.29 is 18.7 Å². The van der Waals surface area contributed by atoms with Gasteiger partial charge in [0, 0.05) is 11.3 Å². The predicted molar refractivity (Wildman–Crippen MR) is 123 cm³/mol. The number of anilines is 2. The normalized spacial score (nSPS) is 14.5. The molecule has 3 aromatic rings. The van der Waals surface area contributed by atoms with Crippen molar-refractivity contribution in [2.45, 2.75) is 39.8 Å². The van der Waals surface area contributed by atoms with Gasteiger partial charge in [0.05, 0.1) is 12.2 Å². The van der Waals surface area contributed by atoms with Crippen LogP contribution in [0.3, 0.4) is 0 Å². The maximum Gasteiger partial charge on any atom is 0.271 e. The fourth-order valence-electron chi connectivity index (χ4n) is 3.84. The van der Waals surface area contributed by atoms with Gasteiger partial charge in [-0.1, -0.05) is 30.3 Å². The molecule has 4 rings (SSSR count). The highest BCUT2D eigenvalue weighted by Gasteiger charge is 2.41. The number of nitrogens with zero attached hydrogens (tertiary/aromatic N) is 1. The second-order valence-corrected chi connectivity index (χ2v) is 8.53. The van der Waals surface area contributed by atoms with E-state index in [1.54, 1.807) is 49.1 Å². The summed E-state index contributed by atoms with van der Waals surface area (Å²) in [7, 11) is 0. The van der Waals surface area contributed by atoms with Gasteiger partial charge in [-0.3, -0.25) is 9.59 Å². The number of rotatable bonds is 4. The van der Waals surface area contributed by atoms with Crippen LogP contribution >= 0.6 is 0 Å². The lowest BCUT2D eigenvalue weighted by atomic mass is 10.0. The number of fused-ring (bicyclic) bond motifs is 1. The van der Waals surface area contributed by atoms with Gasteiger partial charge in [0.1, 0.15) is 11.6 Å². The molecule has 1 aliphatic rings. The lowest BCUT2D eigenvalue weighted by Crippen LogP contribution is -2.52. The first-order chi connectivity index (χ1) is 15.2. The second kappa shape index (κ2) is 8.11. The summed E-state index contributed by atoms with van der Waals surface area (Å²) in [5.41, 5.74) is 3.33. The van der Waals surface area contributed by atoms with Gasteiger partial charge in [-0.25, -0.2) is 4.39 Å². The average molecular weight is 432 g/mol. The van der Waals surface area contributed by atoms with Crippen LogP contribution in [0, 0.1) is 19.7 Å². The molecule has 0 saturated heterocycles. The quantitative estimate of drug-likeness (QED) is 0.601. The molecule has 0 spiro atoms. The van der Waals surface area contributed by atoms with E-state index in [4.69, 9.17) is 4.74 Å². The van der Waals surface area contributed by atoms with Gasteiger partial charge in [0.2, 0.25) is 0 Å². The molecule has 1 N–H and O–H groups in total. The average Bonchev–Trinajstić information content (AvgIpc) is 2.75. The minimum atomic E-state index is -1.06. The molecule has 0 bridgehead atoms. The molecule has 0 aliphatic carbocycles. The first kappa shape index (κ1) is 21.6. The molecule has 32 heavy (non-hydrogen) atoms. The van der Waals surface area contributed by atoms with Crippen molar-refractivity contribution in [2.24, 2.45) is 0 Å². The zero-order valence-corrected chi connectivity index (χ0v) is 18.5. The van der Waals surface area contributed by atoms with E-state index in [1.807, 2.05) is 32.0 Å². The number of benzene rings is 3. The van der Waals surface area contributed by atoms with E-state index in [2.05, 4.69) is 5.32 Å². The molecule has 164 valence electrons. The first-order valence-electron chi connectivity index (χ1n) is 10.4. The smallest absolute Gasteiger partial charge is 0.271 e. The molecule has 1 aliphatic heterocycles. The number of halogens is 1. The van der Waals surface area contributed by atoms with Crippen molar-refractivity contribution in [1.29, 1.82) is 0 Å². The number of carbonyl (C=O) groups is 2. The van der Waals surface area contributed by atoms with E-state index in [0.29, 0.717) is 17.0 Å². The van der Waals surface area contributed by atoms with Gasteiger partial charge in [0.15, 0.2) is 5.60 Å². The van der Waals surface area contributed by atoms with Crippen LogP contribution in [0.1, 0.15) is 40.9 Å². The lowest BCUT2D eigenvalue weighted by molar-refractivity contribution is -0.132. The summed E-state index contributed by atoms with van der Waals surface area (Å²) in [6.07, 6.45) is 0. The van der Waals surface area contributed by atoms with Gasteiger partial charge in [-0.2, -0.15) is 0 Å². The largest absolute Gasteiger partial charge is 0.476 e. The molecule has 0 radical (unpaired) electrons. The summed E-state index contributed by atoms with van der Waals surface area (Å²) in [6.45, 7) is 7.53. The molecule has 3 aromatic carbocycles. The maximum atomic E-state index is 13.3. The number of ether oxygens (including phenoxy) is 1. The Labute approximate surface area is 186 Å². The summed E-state index contributed by atoms with van der Waals surface area (Å²) >= 11 is 0. The molecule has 0 fully saturated rings. The Bertz CT molecular complexity index is 1180. The van der Waals surface area contributed by atoms with Gasteiger partial charge >= 0.3 is 0 Å². The molecule has 5 nitrogen and oxygen atoms in total. The third-order valence-electron chi connectivity index (χ3n) is 5.61. The molecule has 0 atom stereocenters. The highest BCUT2D eigenvalue weighted by Crippen LogP contribution is 2.39. The van der Waals surface area contributed by atoms with Crippen LogP contribution in [0.4, 0.5) is 15.8 Å². The number of nitrogens with one attached hydrogen (secondary N) is 1. The van der Waals surface area contributed by atoms with Gasteiger partial charge in [-0.05, 0) is 74.7 Å². The highest BCUT2D eigenvalue weighted by atomic mass is 19.1. The Morgan fingerprint density at radius 2 is 1.69 bits per heavy atom. The zero-order valence-electron chi connectivity index (χ0n) is 18.5. The number of carbonyl (C=O) groups excluding carboxylic acids is 2. The summed E-state index contributed by atoms with van der Waals surface area (Å²) in [4.78, 5) is 27.8. The molecule has 1 heterocycles. The minimum absolute atomic E-state index is 0.235. The SMILES string of the molecule is Cc1cccc(C)c1NC(=O)c1ccc2c(c1)N(Cc1ccc(F)cc1)C(=O)C(C)(C)O2. The van der Waals surface area contributed by atoms with E-state index in [1.165, 1.54) is 12.1 Å². The van der Waals surface area contributed by atoms with Crippen LogP contribution in [-0.4, -0.2) is 17.4 Å². The molecule has 0 unspecified atom stereocenters. The molecule has 2 amide bonds. The van der Waals surface area contributed by atoms with E-state index in [-0.39, 0.29) is 24.2 Å². The van der Waals surface area contributed by atoms with E-state index >= 15 is 0 Å². The Hall–Kier alpha value is -3.67. The molecule has 0 aromatic heterocycles. The Morgan fingerprint density at radius 1 is 1.03 bits per heavy atom. The Balaban J connectivity index is 1.69. The number of aryl methyl sites for hydroxylation is 2. The monoisotopic (exact) mass is 432 g/mol. The third kappa shape index (κ3) is 4.08. The Kier molecular flexibility index (Phi) is 5.46. The van der Waals surface area contributed by atoms with Crippen molar-refractivity contribution >= 4 is 23.2 Å². The predicted octanol–water partition coefficient (Wildman–Crippen LogP) is 5.40. The van der Waals surface area contributed by atoms with Gasteiger partial charge < -0.3 is 15.0 Å². The number of amides is 2. The maximum absolute atomic E-state index is 13.3. The van der Waals surface area contributed by atoms with Crippen molar-refractivity contribution in [1.82, 2.24) is 0 Å². The third-order valence-corrected chi connectivity index (χ3v) is 5.61. The van der Waals surface area contributed by atoms with E-state index < -0.39 is 5.60 Å². The molecular weight excluding hydrogens is 407 g/mol. The highest BCUT2D eigenvalue weighted by molar-refractivity contribution is 6.08. The standard InChI is InChI=1S/C26H25FN2O3/c1-16-6-5-7-17(2)23(16)28-24(30)19-10-13-22-21(14-19)29(25(31)26(3,4)32-22)15-18-8-11-20(27)12-9-18/h5-14H,15H2,1-4H3,(H,28,30). The zero-order chi connectivity index (χ0) is 23.0. The first-order valence-corrected chi connectivity index (χ1v) is 10.4. The second-order valence-electron chi connectivity index (χ2n) is 8.53. The molecule has 0 saturated carbocycles. The van der Waals surface area contributed by atoms with Crippen LogP contribution < -0.4 is 15.0 Å².